The summed E-state index contributed by atoms with van der Waals surface area (Å²) in [4.78, 5) is 9.94. The smallest absolute Gasteiger partial charge is 0.151 e. The van der Waals surface area contributed by atoms with Crippen molar-refractivity contribution < 1.29 is 4.79 Å². The highest BCUT2D eigenvalue weighted by Gasteiger charge is 1.80. The number of hydrogen-bond acceptors (Lipinski definition) is 1. The zero-order valence-electron chi connectivity index (χ0n) is 3.48. The van der Waals surface area contributed by atoms with Gasteiger partial charge >= 0.3 is 0 Å². The van der Waals surface area contributed by atoms with E-state index in [1.54, 1.807) is 6.08 Å². The molecule has 0 saturated heterocycles. The number of rotatable bonds is 2. The Balaban J connectivity index is 3.05. The molecule has 0 aliphatic heterocycles. The summed E-state index contributed by atoms with van der Waals surface area (Å²) in [5, 5.41) is 0. The van der Waals surface area contributed by atoms with Crippen molar-refractivity contribution in [2.24, 2.45) is 0 Å². The van der Waals surface area contributed by atoms with Crippen molar-refractivity contribution in [3.8, 4) is 0 Å². The first kappa shape index (κ1) is 5.84. The summed E-state index contributed by atoms with van der Waals surface area (Å²) >= 11 is 0. The maximum atomic E-state index is 9.94. The number of hydrogen-bond donors (Lipinski definition) is 0. The van der Waals surface area contributed by atoms with Crippen molar-refractivity contribution in [3.05, 3.63) is 12.7 Å². The second-order valence-electron chi connectivity index (χ2n) is 0.959. The van der Waals surface area contributed by atoms with Crippen molar-refractivity contribution in [1.82, 2.24) is 0 Å². The monoisotopic (exact) mass is 102 g/mol. The highest BCUT2D eigenvalue weighted by Crippen LogP contribution is 1.89. The molecule has 0 amide bonds. The molecule has 0 N–H and O–H groups in total. The van der Waals surface area contributed by atoms with Gasteiger partial charge in [-0.25, -0.2) is 0 Å². The summed E-state index contributed by atoms with van der Waals surface area (Å²) in [6.07, 6.45) is 2.04. The van der Waals surface area contributed by atoms with Crippen LogP contribution in [0.5, 0.6) is 0 Å². The minimum absolute atomic E-state index is 0.0880. The quantitative estimate of drug-likeness (QED) is 0.375. The Morgan fingerprint density at radius 3 is 2.50 bits per heavy atom. The van der Waals surface area contributed by atoms with Gasteiger partial charge in [-0.2, -0.15) is 0 Å². The Labute approximate surface area is 39.6 Å². The van der Waals surface area contributed by atoms with Crippen molar-refractivity contribution in [1.29, 1.82) is 0 Å². The second-order valence-corrected chi connectivity index (χ2v) is 1.60. The largest absolute Gasteiger partial charge is 0.295 e. The molecule has 0 aromatic heterocycles. The van der Waals surface area contributed by atoms with Crippen LogP contribution in [-0.2, 0) is 4.79 Å². The van der Waals surface area contributed by atoms with Crippen LogP contribution in [0.3, 0.4) is 0 Å². The number of carbonyl (C=O) groups is 1. The Morgan fingerprint density at radius 1 is 2.00 bits per heavy atom. The van der Waals surface area contributed by atoms with Crippen LogP contribution in [0.1, 0.15) is 6.42 Å². The highest BCUT2D eigenvalue weighted by atomic mass is 31.0. The molecular weight excluding hydrogens is 95.0 g/mol. The van der Waals surface area contributed by atoms with E-state index in [0.29, 0.717) is 6.42 Å². The molecule has 2 heteroatoms. The number of carbonyl (C=O) groups excluding carboxylic acids is 1. The summed E-state index contributed by atoms with van der Waals surface area (Å²) in [5.74, 6) is 0. The van der Waals surface area contributed by atoms with E-state index in [-0.39, 0.29) is 5.52 Å². The Kier molecular flexibility index (Phi) is 2.97. The first-order valence-corrected chi connectivity index (χ1v) is 2.24. The Bertz CT molecular complexity index is 67.9. The first-order valence-electron chi connectivity index (χ1n) is 1.66. The van der Waals surface area contributed by atoms with Gasteiger partial charge in [0.05, 0.1) is 0 Å². The van der Waals surface area contributed by atoms with Crippen molar-refractivity contribution in [3.63, 3.8) is 0 Å². The van der Waals surface area contributed by atoms with Gasteiger partial charge in [-0.1, -0.05) is 15.3 Å². The van der Waals surface area contributed by atoms with Crippen LogP contribution in [0.4, 0.5) is 0 Å². The molecule has 34 valence electrons. The van der Waals surface area contributed by atoms with Crippen LogP contribution >= 0.6 is 9.24 Å². The maximum absolute atomic E-state index is 9.94. The van der Waals surface area contributed by atoms with Crippen LogP contribution in [0.2, 0.25) is 0 Å². The van der Waals surface area contributed by atoms with Gasteiger partial charge in [0, 0.05) is 6.42 Å². The molecule has 0 saturated carbocycles. The summed E-state index contributed by atoms with van der Waals surface area (Å²) in [7, 11) is 2.07. The second kappa shape index (κ2) is 3.05. The van der Waals surface area contributed by atoms with Crippen molar-refractivity contribution in [2.75, 3.05) is 0 Å². The molecule has 1 unspecified atom stereocenters. The van der Waals surface area contributed by atoms with E-state index in [2.05, 4.69) is 15.8 Å². The minimum atomic E-state index is 0.0880. The van der Waals surface area contributed by atoms with Gasteiger partial charge in [0.1, 0.15) is 0 Å². The van der Waals surface area contributed by atoms with Gasteiger partial charge in [-0.3, -0.25) is 4.79 Å². The normalized spacial score (nSPS) is 7.50. The first-order chi connectivity index (χ1) is 2.77. The predicted molar refractivity (Wildman–Crippen MR) is 29.5 cm³/mol. The fourth-order valence-electron chi connectivity index (χ4n) is 0.142. The van der Waals surface area contributed by atoms with E-state index in [1.807, 2.05) is 0 Å². The molecule has 0 aromatic rings. The molecule has 6 heavy (non-hydrogen) atoms. The van der Waals surface area contributed by atoms with Crippen LogP contribution in [-0.4, -0.2) is 5.52 Å². The average molecular weight is 102 g/mol. The van der Waals surface area contributed by atoms with Gasteiger partial charge in [0.25, 0.3) is 0 Å². The van der Waals surface area contributed by atoms with Gasteiger partial charge < -0.3 is 0 Å². The molecule has 0 bridgehead atoms. The van der Waals surface area contributed by atoms with E-state index in [4.69, 9.17) is 0 Å². The molecule has 0 heterocycles. The minimum Gasteiger partial charge on any atom is -0.295 e. The lowest BCUT2D eigenvalue weighted by Gasteiger charge is -1.75. The van der Waals surface area contributed by atoms with Gasteiger partial charge in [0.15, 0.2) is 5.52 Å². The lowest BCUT2D eigenvalue weighted by atomic mass is 10.5. The maximum Gasteiger partial charge on any atom is 0.151 e. The van der Waals surface area contributed by atoms with Crippen LogP contribution in [0, 0.1) is 0 Å². The standard InChI is InChI=1S/C4H7OP/c1-2-3-4(5)6/h2H,1,3,6H2. The molecular formula is C4H7OP. The summed E-state index contributed by atoms with van der Waals surface area (Å²) < 4.78 is 0. The van der Waals surface area contributed by atoms with E-state index in [0.717, 1.165) is 0 Å². The third kappa shape index (κ3) is 3.84. The highest BCUT2D eigenvalue weighted by molar-refractivity contribution is 7.40. The zero-order chi connectivity index (χ0) is 4.99. The SMILES string of the molecule is C=CCC(=O)P. The molecule has 0 spiro atoms. The van der Waals surface area contributed by atoms with Gasteiger partial charge in [0.2, 0.25) is 0 Å². The Hall–Kier alpha value is -0.160. The Morgan fingerprint density at radius 2 is 2.50 bits per heavy atom. The summed E-state index contributed by atoms with van der Waals surface area (Å²) in [6, 6.07) is 0. The van der Waals surface area contributed by atoms with Gasteiger partial charge in [-0.15, -0.1) is 6.58 Å². The van der Waals surface area contributed by atoms with E-state index >= 15 is 0 Å². The molecule has 0 aliphatic rings. The molecule has 0 aromatic carbocycles. The van der Waals surface area contributed by atoms with Crippen LogP contribution in [0.25, 0.3) is 0 Å². The van der Waals surface area contributed by atoms with E-state index < -0.39 is 0 Å². The fourth-order valence-corrected chi connectivity index (χ4v) is 0.309. The molecule has 1 nitrogen and oxygen atoms in total. The van der Waals surface area contributed by atoms with Crippen molar-refractivity contribution in [2.45, 2.75) is 6.42 Å². The van der Waals surface area contributed by atoms with Crippen LogP contribution in [0.15, 0.2) is 12.7 Å². The van der Waals surface area contributed by atoms with E-state index in [1.165, 1.54) is 0 Å². The average Bonchev–Trinajstić information content (AvgIpc) is 1.35. The summed E-state index contributed by atoms with van der Waals surface area (Å²) in [6.45, 7) is 3.37. The van der Waals surface area contributed by atoms with Crippen LogP contribution < -0.4 is 0 Å². The third-order valence-corrected chi connectivity index (χ3v) is 0.581. The fraction of sp³-hybridized carbons (Fsp3) is 0.250. The molecule has 0 rings (SSSR count). The molecule has 0 aliphatic carbocycles. The van der Waals surface area contributed by atoms with Crippen molar-refractivity contribution >= 4 is 14.8 Å². The van der Waals surface area contributed by atoms with Gasteiger partial charge in [-0.05, 0) is 0 Å². The lowest BCUT2D eigenvalue weighted by molar-refractivity contribution is -0.110. The molecule has 1 atom stereocenters. The molecule has 0 fully saturated rings. The van der Waals surface area contributed by atoms with E-state index in [9.17, 15) is 4.79 Å². The number of allylic oxidation sites excluding steroid dienone is 1. The topological polar surface area (TPSA) is 17.1 Å². The zero-order valence-corrected chi connectivity index (χ0v) is 4.63. The lowest BCUT2D eigenvalue weighted by Crippen LogP contribution is -1.75. The molecule has 0 radical (unpaired) electrons. The summed E-state index contributed by atoms with van der Waals surface area (Å²) in [5.41, 5.74) is 0.0880. The predicted octanol–water partition coefficient (Wildman–Crippen LogP) is 0.964. The third-order valence-electron chi connectivity index (χ3n) is 0.346.